The Labute approximate surface area is 95.5 Å². The van der Waals surface area contributed by atoms with E-state index >= 15 is 0 Å². The topological polar surface area (TPSA) is 27.3 Å². The van der Waals surface area contributed by atoms with Crippen LogP contribution >= 0.6 is 11.3 Å². The summed E-state index contributed by atoms with van der Waals surface area (Å²) < 4.78 is 0. The van der Waals surface area contributed by atoms with E-state index in [0.717, 1.165) is 19.6 Å². The lowest BCUT2D eigenvalue weighted by Gasteiger charge is -2.38. The van der Waals surface area contributed by atoms with Gasteiger partial charge in [-0.25, -0.2) is 0 Å². The fraction of sp³-hybridized carbons (Fsp3) is 0.636. The van der Waals surface area contributed by atoms with Crippen molar-refractivity contribution in [2.45, 2.75) is 12.1 Å². The van der Waals surface area contributed by atoms with Crippen LogP contribution in [0.3, 0.4) is 0 Å². The zero-order valence-corrected chi connectivity index (χ0v) is 10.2. The van der Waals surface area contributed by atoms with Gasteiger partial charge in [0.05, 0.1) is 6.04 Å². The van der Waals surface area contributed by atoms with Gasteiger partial charge in [0.25, 0.3) is 0 Å². The molecule has 0 spiro atoms. The third-order valence-electron chi connectivity index (χ3n) is 3.11. The Morgan fingerprint density at radius 1 is 1.67 bits per heavy atom. The first-order chi connectivity index (χ1) is 7.33. The summed E-state index contributed by atoms with van der Waals surface area (Å²) >= 11 is 1.83. The van der Waals surface area contributed by atoms with Crippen molar-refractivity contribution in [2.24, 2.45) is 0 Å². The molecule has 2 rings (SSSR count). The van der Waals surface area contributed by atoms with Crippen molar-refractivity contribution in [3.05, 3.63) is 22.4 Å². The minimum Gasteiger partial charge on any atom is -0.314 e. The lowest BCUT2D eigenvalue weighted by molar-refractivity contribution is 0.163. The van der Waals surface area contributed by atoms with Gasteiger partial charge < -0.3 is 10.6 Å². The summed E-state index contributed by atoms with van der Waals surface area (Å²) in [4.78, 5) is 3.87. The van der Waals surface area contributed by atoms with Crippen molar-refractivity contribution < 1.29 is 0 Å². The molecule has 1 saturated heterocycles. The average molecular weight is 225 g/mol. The molecular weight excluding hydrogens is 206 g/mol. The molecule has 2 atom stereocenters. The van der Waals surface area contributed by atoms with Crippen LogP contribution in [0.15, 0.2) is 17.5 Å². The molecule has 1 aromatic heterocycles. The molecular formula is C11H19N3S. The van der Waals surface area contributed by atoms with Gasteiger partial charge in [0.2, 0.25) is 0 Å². The van der Waals surface area contributed by atoms with Crippen LogP contribution in [0, 0.1) is 0 Å². The summed E-state index contributed by atoms with van der Waals surface area (Å²) in [6, 6.07) is 5.35. The van der Waals surface area contributed by atoms with Gasteiger partial charge in [0, 0.05) is 30.6 Å². The summed E-state index contributed by atoms with van der Waals surface area (Å²) in [5.74, 6) is 0. The quantitative estimate of drug-likeness (QED) is 0.801. The molecule has 2 N–H and O–H groups in total. The van der Waals surface area contributed by atoms with Crippen molar-refractivity contribution >= 4 is 11.3 Å². The Hall–Kier alpha value is -0.420. The van der Waals surface area contributed by atoms with E-state index in [4.69, 9.17) is 0 Å². The Kier molecular flexibility index (Phi) is 3.75. The van der Waals surface area contributed by atoms with Crippen molar-refractivity contribution in [1.82, 2.24) is 15.5 Å². The zero-order valence-electron chi connectivity index (χ0n) is 9.36. The van der Waals surface area contributed by atoms with Crippen LogP contribution in [0.5, 0.6) is 0 Å². The lowest BCUT2D eigenvalue weighted by Crippen LogP contribution is -2.54. The molecule has 84 valence electrons. The van der Waals surface area contributed by atoms with Crippen LogP contribution in [-0.4, -0.2) is 44.7 Å². The van der Waals surface area contributed by atoms with Gasteiger partial charge in [0.1, 0.15) is 0 Å². The molecule has 0 aromatic carbocycles. The number of nitrogens with one attached hydrogen (secondary N) is 2. The maximum Gasteiger partial charge on any atom is 0.0582 e. The monoisotopic (exact) mass is 225 g/mol. The van der Waals surface area contributed by atoms with Crippen LogP contribution in [-0.2, 0) is 0 Å². The highest BCUT2D eigenvalue weighted by Gasteiger charge is 2.27. The van der Waals surface area contributed by atoms with E-state index in [1.54, 1.807) is 0 Å². The average Bonchev–Trinajstić information content (AvgIpc) is 2.75. The number of likely N-dealkylation sites (N-methyl/N-ethyl adjacent to an activating group) is 2. The van der Waals surface area contributed by atoms with E-state index in [1.165, 1.54) is 4.88 Å². The highest BCUT2D eigenvalue weighted by molar-refractivity contribution is 7.10. The predicted octanol–water partition coefficient (Wildman–Crippen LogP) is 0.912. The number of hydrogen-bond acceptors (Lipinski definition) is 4. The molecule has 0 aliphatic carbocycles. The van der Waals surface area contributed by atoms with Gasteiger partial charge in [-0.05, 0) is 25.5 Å². The number of piperazine rings is 1. The molecule has 1 fully saturated rings. The molecule has 2 heterocycles. The standard InChI is InChI=1S/C11H19N3S/c1-12-11(10-4-3-7-15-10)9-8-13-5-6-14(9)2/h3-4,7,9,11-13H,5-6,8H2,1-2H3. The highest BCUT2D eigenvalue weighted by Crippen LogP contribution is 2.24. The number of hydrogen-bond donors (Lipinski definition) is 2. The second-order valence-corrected chi connectivity index (χ2v) is 5.01. The van der Waals surface area contributed by atoms with Gasteiger partial charge in [-0.1, -0.05) is 6.07 Å². The Bertz CT molecular complexity index is 286. The molecule has 15 heavy (non-hydrogen) atoms. The molecule has 1 aliphatic heterocycles. The highest BCUT2D eigenvalue weighted by atomic mass is 32.1. The third kappa shape index (κ3) is 2.39. The van der Waals surface area contributed by atoms with Crippen LogP contribution in [0.25, 0.3) is 0 Å². The van der Waals surface area contributed by atoms with E-state index in [0.29, 0.717) is 12.1 Å². The first-order valence-corrected chi connectivity index (χ1v) is 6.32. The summed E-state index contributed by atoms with van der Waals surface area (Å²) in [6.45, 7) is 3.31. The van der Waals surface area contributed by atoms with Crippen LogP contribution in [0.1, 0.15) is 10.9 Å². The normalized spacial score (nSPS) is 25.3. The van der Waals surface area contributed by atoms with Crippen LogP contribution in [0.2, 0.25) is 0 Å². The second-order valence-electron chi connectivity index (χ2n) is 4.03. The van der Waals surface area contributed by atoms with Gasteiger partial charge >= 0.3 is 0 Å². The first kappa shape index (κ1) is 11.1. The minimum absolute atomic E-state index is 0.447. The van der Waals surface area contributed by atoms with Crippen LogP contribution < -0.4 is 10.6 Å². The first-order valence-electron chi connectivity index (χ1n) is 5.44. The van der Waals surface area contributed by atoms with Gasteiger partial charge in [-0.3, -0.25) is 4.90 Å². The summed E-state index contributed by atoms with van der Waals surface area (Å²) in [5.41, 5.74) is 0. The largest absolute Gasteiger partial charge is 0.314 e. The summed E-state index contributed by atoms with van der Waals surface area (Å²) in [7, 11) is 4.26. The molecule has 0 radical (unpaired) electrons. The van der Waals surface area contributed by atoms with Crippen molar-refractivity contribution in [3.63, 3.8) is 0 Å². The number of thiophene rings is 1. The third-order valence-corrected chi connectivity index (χ3v) is 4.06. The van der Waals surface area contributed by atoms with Crippen molar-refractivity contribution in [3.8, 4) is 0 Å². The van der Waals surface area contributed by atoms with Crippen molar-refractivity contribution in [1.29, 1.82) is 0 Å². The summed E-state index contributed by atoms with van der Waals surface area (Å²) in [6.07, 6.45) is 0. The van der Waals surface area contributed by atoms with Gasteiger partial charge in [0.15, 0.2) is 0 Å². The molecule has 1 aliphatic rings. The number of rotatable bonds is 3. The minimum atomic E-state index is 0.447. The summed E-state index contributed by atoms with van der Waals surface area (Å²) in [5, 5.41) is 9.05. The Balaban J connectivity index is 2.11. The fourth-order valence-corrected chi connectivity index (χ4v) is 3.08. The number of nitrogens with zero attached hydrogens (tertiary/aromatic N) is 1. The van der Waals surface area contributed by atoms with Crippen LogP contribution in [0.4, 0.5) is 0 Å². The van der Waals surface area contributed by atoms with Crippen molar-refractivity contribution in [2.75, 3.05) is 33.7 Å². The zero-order chi connectivity index (χ0) is 10.7. The van der Waals surface area contributed by atoms with E-state index < -0.39 is 0 Å². The van der Waals surface area contributed by atoms with E-state index in [2.05, 4.69) is 40.1 Å². The van der Waals surface area contributed by atoms with E-state index in [9.17, 15) is 0 Å². The smallest absolute Gasteiger partial charge is 0.0582 e. The van der Waals surface area contributed by atoms with Gasteiger partial charge in [-0.15, -0.1) is 11.3 Å². The van der Waals surface area contributed by atoms with Gasteiger partial charge in [-0.2, -0.15) is 0 Å². The fourth-order valence-electron chi connectivity index (χ4n) is 2.19. The Morgan fingerprint density at radius 3 is 3.13 bits per heavy atom. The second kappa shape index (κ2) is 5.07. The molecule has 1 aromatic rings. The molecule has 0 saturated carbocycles. The van der Waals surface area contributed by atoms with E-state index in [-0.39, 0.29) is 0 Å². The lowest BCUT2D eigenvalue weighted by atomic mass is 10.0. The molecule has 0 bridgehead atoms. The Morgan fingerprint density at radius 2 is 2.53 bits per heavy atom. The maximum absolute atomic E-state index is 3.46. The molecule has 3 nitrogen and oxygen atoms in total. The molecule has 0 amide bonds. The predicted molar refractivity (Wildman–Crippen MR) is 65.4 cm³/mol. The maximum atomic E-state index is 3.46. The van der Waals surface area contributed by atoms with E-state index in [1.807, 2.05) is 18.4 Å². The SMILES string of the molecule is CNC(c1cccs1)C1CNCCN1C. The molecule has 4 heteroatoms. The molecule has 2 unspecified atom stereocenters.